The van der Waals surface area contributed by atoms with Gasteiger partial charge in [0.15, 0.2) is 5.69 Å². The lowest BCUT2D eigenvalue weighted by Gasteiger charge is -2.27. The van der Waals surface area contributed by atoms with Crippen molar-refractivity contribution in [2.24, 2.45) is 0 Å². The Morgan fingerprint density at radius 3 is 2.81 bits per heavy atom. The summed E-state index contributed by atoms with van der Waals surface area (Å²) in [6.45, 7) is 14.9. The van der Waals surface area contributed by atoms with E-state index in [1.54, 1.807) is 0 Å². The Bertz CT molecular complexity index is 996. The number of nitrogens with zero attached hydrogens (tertiary/aromatic N) is 5. The SMILES string of the molecule is [C-]#[N+]c1cc(CN2CCn3nc(-c4ncccc4C)cc3C2)ccc1C. The maximum absolute atomic E-state index is 7.29. The van der Waals surface area contributed by atoms with Gasteiger partial charge in [-0.1, -0.05) is 24.3 Å². The second-order valence-corrected chi connectivity index (χ2v) is 6.86. The van der Waals surface area contributed by atoms with Gasteiger partial charge in [0.2, 0.25) is 0 Å². The van der Waals surface area contributed by atoms with Crippen molar-refractivity contribution in [3.8, 4) is 11.4 Å². The highest BCUT2D eigenvalue weighted by Crippen LogP contribution is 2.25. The van der Waals surface area contributed by atoms with Gasteiger partial charge in [-0.15, -0.1) is 0 Å². The molecule has 0 bridgehead atoms. The minimum atomic E-state index is 0.748. The number of fused-ring (bicyclic) bond motifs is 1. The minimum absolute atomic E-state index is 0.748. The van der Waals surface area contributed by atoms with Crippen molar-refractivity contribution in [2.45, 2.75) is 33.5 Å². The predicted octanol–water partition coefficient (Wildman–Crippen LogP) is 4.13. The van der Waals surface area contributed by atoms with Gasteiger partial charge in [0.1, 0.15) is 5.69 Å². The van der Waals surface area contributed by atoms with E-state index < -0.39 is 0 Å². The van der Waals surface area contributed by atoms with Crippen LogP contribution in [0.4, 0.5) is 5.69 Å². The number of rotatable bonds is 3. The minimum Gasteiger partial charge on any atom is -0.291 e. The van der Waals surface area contributed by atoms with Crippen LogP contribution in [0, 0.1) is 20.4 Å². The third-order valence-corrected chi connectivity index (χ3v) is 4.93. The maximum Gasteiger partial charge on any atom is 0.190 e. The van der Waals surface area contributed by atoms with Crippen LogP contribution in [0.5, 0.6) is 0 Å². The molecule has 0 saturated heterocycles. The fraction of sp³-hybridized carbons (Fsp3) is 0.286. The molecule has 0 amide bonds. The second kappa shape index (κ2) is 6.74. The summed E-state index contributed by atoms with van der Waals surface area (Å²) in [5, 5.41) is 4.75. The number of hydrogen-bond acceptors (Lipinski definition) is 3. The first-order chi connectivity index (χ1) is 12.6. The van der Waals surface area contributed by atoms with Gasteiger partial charge in [-0.25, -0.2) is 4.85 Å². The number of benzene rings is 1. The molecule has 0 unspecified atom stereocenters. The molecule has 1 aliphatic rings. The molecule has 0 aliphatic carbocycles. The molecule has 1 aliphatic heterocycles. The van der Waals surface area contributed by atoms with Crippen LogP contribution in [0.1, 0.15) is 22.4 Å². The van der Waals surface area contributed by atoms with Crippen LogP contribution in [0.3, 0.4) is 0 Å². The molecule has 3 aromatic rings. The van der Waals surface area contributed by atoms with Crippen LogP contribution >= 0.6 is 0 Å². The summed E-state index contributed by atoms with van der Waals surface area (Å²) in [7, 11) is 0. The molecular weight excluding hydrogens is 322 g/mol. The molecule has 130 valence electrons. The summed E-state index contributed by atoms with van der Waals surface area (Å²) < 4.78 is 2.10. The lowest BCUT2D eigenvalue weighted by atomic mass is 10.1. The molecule has 0 fully saturated rings. The lowest BCUT2D eigenvalue weighted by molar-refractivity contribution is 0.205. The maximum atomic E-state index is 7.29. The van der Waals surface area contributed by atoms with E-state index in [9.17, 15) is 0 Å². The van der Waals surface area contributed by atoms with E-state index >= 15 is 0 Å². The van der Waals surface area contributed by atoms with Crippen LogP contribution in [-0.2, 0) is 19.6 Å². The molecule has 1 aromatic carbocycles. The zero-order valence-corrected chi connectivity index (χ0v) is 15.1. The molecule has 2 aromatic heterocycles. The molecule has 0 radical (unpaired) electrons. The average Bonchev–Trinajstić information content (AvgIpc) is 3.06. The van der Waals surface area contributed by atoms with Gasteiger partial charge in [-0.05, 0) is 42.7 Å². The lowest BCUT2D eigenvalue weighted by Crippen LogP contribution is -2.33. The van der Waals surface area contributed by atoms with Crippen molar-refractivity contribution in [1.29, 1.82) is 0 Å². The zero-order valence-electron chi connectivity index (χ0n) is 15.1. The first-order valence-corrected chi connectivity index (χ1v) is 8.82. The Kier molecular flexibility index (Phi) is 4.27. The third-order valence-electron chi connectivity index (χ3n) is 4.93. The van der Waals surface area contributed by atoms with E-state index in [0.717, 1.165) is 54.4 Å². The number of aromatic nitrogens is 3. The Morgan fingerprint density at radius 2 is 2.00 bits per heavy atom. The van der Waals surface area contributed by atoms with Crippen molar-refractivity contribution in [2.75, 3.05) is 6.54 Å². The Morgan fingerprint density at radius 1 is 1.12 bits per heavy atom. The van der Waals surface area contributed by atoms with E-state index in [1.807, 2.05) is 31.3 Å². The van der Waals surface area contributed by atoms with Crippen molar-refractivity contribution in [3.63, 3.8) is 0 Å². The van der Waals surface area contributed by atoms with Crippen molar-refractivity contribution >= 4 is 5.69 Å². The Balaban J connectivity index is 1.53. The second-order valence-electron chi connectivity index (χ2n) is 6.86. The highest BCUT2D eigenvalue weighted by atomic mass is 15.3. The van der Waals surface area contributed by atoms with Crippen molar-refractivity contribution < 1.29 is 0 Å². The van der Waals surface area contributed by atoms with Crippen molar-refractivity contribution in [1.82, 2.24) is 19.7 Å². The highest BCUT2D eigenvalue weighted by molar-refractivity contribution is 5.58. The molecular formula is C21H21N5. The molecule has 4 rings (SSSR count). The van der Waals surface area contributed by atoms with Crippen LogP contribution in [-0.4, -0.2) is 26.2 Å². The van der Waals surface area contributed by atoms with Gasteiger partial charge >= 0.3 is 0 Å². The van der Waals surface area contributed by atoms with Gasteiger partial charge in [0.25, 0.3) is 0 Å². The van der Waals surface area contributed by atoms with Gasteiger partial charge < -0.3 is 0 Å². The standard InChI is InChI=1S/C21H21N5/c1-15-6-7-17(11-19(15)22-3)13-25-9-10-26-18(14-25)12-20(24-26)21-16(2)5-4-8-23-21/h4-8,11-12H,9-10,13-14H2,1-2H3. The van der Waals surface area contributed by atoms with E-state index in [2.05, 4.69) is 44.5 Å². The molecule has 0 N–H and O–H groups in total. The van der Waals surface area contributed by atoms with Crippen LogP contribution in [0.25, 0.3) is 16.2 Å². The quantitative estimate of drug-likeness (QED) is 0.671. The van der Waals surface area contributed by atoms with Crippen LogP contribution in [0.15, 0.2) is 42.6 Å². The summed E-state index contributed by atoms with van der Waals surface area (Å²) in [6.07, 6.45) is 1.82. The summed E-state index contributed by atoms with van der Waals surface area (Å²) in [5.41, 5.74) is 7.25. The largest absolute Gasteiger partial charge is 0.291 e. The summed E-state index contributed by atoms with van der Waals surface area (Å²) in [6, 6.07) is 12.4. The Labute approximate surface area is 153 Å². The smallest absolute Gasteiger partial charge is 0.190 e. The van der Waals surface area contributed by atoms with E-state index in [4.69, 9.17) is 11.7 Å². The topological polar surface area (TPSA) is 38.3 Å². The monoisotopic (exact) mass is 343 g/mol. The summed E-state index contributed by atoms with van der Waals surface area (Å²) in [5.74, 6) is 0. The first-order valence-electron chi connectivity index (χ1n) is 8.82. The first kappa shape index (κ1) is 16.5. The molecule has 0 saturated carbocycles. The molecule has 5 heteroatoms. The van der Waals surface area contributed by atoms with Crippen molar-refractivity contribution in [3.05, 3.63) is 76.4 Å². The average molecular weight is 343 g/mol. The van der Waals surface area contributed by atoms with Gasteiger partial charge in [0.05, 0.1) is 24.5 Å². The normalized spacial score (nSPS) is 14.0. The number of hydrogen-bond donors (Lipinski definition) is 0. The van der Waals surface area contributed by atoms with Gasteiger partial charge in [0, 0.05) is 25.8 Å². The van der Waals surface area contributed by atoms with E-state index in [-0.39, 0.29) is 0 Å². The summed E-state index contributed by atoms with van der Waals surface area (Å²) >= 11 is 0. The van der Waals surface area contributed by atoms with Gasteiger partial charge in [-0.3, -0.25) is 14.6 Å². The van der Waals surface area contributed by atoms with Crippen LogP contribution < -0.4 is 0 Å². The molecule has 0 spiro atoms. The zero-order chi connectivity index (χ0) is 18.1. The third kappa shape index (κ3) is 3.12. The fourth-order valence-electron chi connectivity index (χ4n) is 3.46. The Hall–Kier alpha value is -2.97. The predicted molar refractivity (Wildman–Crippen MR) is 102 cm³/mol. The number of aryl methyl sites for hydroxylation is 2. The van der Waals surface area contributed by atoms with E-state index in [1.165, 1.54) is 11.3 Å². The molecule has 26 heavy (non-hydrogen) atoms. The van der Waals surface area contributed by atoms with Gasteiger partial charge in [-0.2, -0.15) is 5.10 Å². The molecule has 0 atom stereocenters. The number of pyridine rings is 1. The summed E-state index contributed by atoms with van der Waals surface area (Å²) in [4.78, 5) is 10.5. The fourth-order valence-corrected chi connectivity index (χ4v) is 3.46. The van der Waals surface area contributed by atoms with Crippen LogP contribution in [0.2, 0.25) is 0 Å². The van der Waals surface area contributed by atoms with E-state index in [0.29, 0.717) is 0 Å². The molecule has 5 nitrogen and oxygen atoms in total. The molecule has 3 heterocycles. The highest BCUT2D eigenvalue weighted by Gasteiger charge is 2.20.